The molecular weight excluding hydrogens is 616 g/mol. The number of aliphatic hydroxyl groups excluding tert-OH is 4. The van der Waals surface area contributed by atoms with E-state index in [4.69, 9.17) is 24.7 Å². The SMILES string of the molecule is CC(=O)OCC1C2CCC3C4C(CC(O)CC4OCO)CC4(CCC(CC5CCC(N)[NH2+]C5)C4)C3C2OC1C1CCC(O)C(OCO)C1. The molecule has 0 bridgehead atoms. The fraction of sp³-hybridized carbons (Fsp3) is 0.973. The van der Waals surface area contributed by atoms with E-state index in [-0.39, 0.29) is 66.3 Å². The molecule has 0 aromatic carbocycles. The molecule has 17 unspecified atom stereocenters. The highest BCUT2D eigenvalue weighted by atomic mass is 16.6. The largest absolute Gasteiger partial charge is 0.465 e. The lowest BCUT2D eigenvalue weighted by atomic mass is 9.45. The summed E-state index contributed by atoms with van der Waals surface area (Å²) in [5, 5.41) is 43.5. The summed E-state index contributed by atoms with van der Waals surface area (Å²) < 4.78 is 24.8. The van der Waals surface area contributed by atoms with Crippen molar-refractivity contribution in [3.8, 4) is 0 Å². The Kier molecular flexibility index (Phi) is 11.1. The van der Waals surface area contributed by atoms with E-state index in [1.54, 1.807) is 0 Å². The van der Waals surface area contributed by atoms with Crippen LogP contribution in [0.5, 0.6) is 0 Å². The summed E-state index contributed by atoms with van der Waals surface area (Å²) >= 11 is 0. The van der Waals surface area contributed by atoms with Crippen molar-refractivity contribution in [2.24, 2.45) is 64.4 Å². The molecule has 0 amide bonds. The molecule has 48 heavy (non-hydrogen) atoms. The topological polar surface area (TPSA) is 178 Å². The molecule has 5 aliphatic carbocycles. The van der Waals surface area contributed by atoms with Crippen molar-refractivity contribution in [1.82, 2.24) is 0 Å². The number of carbonyl (C=O) groups excluding carboxylic acids is 1. The van der Waals surface area contributed by atoms with Gasteiger partial charge in [-0.2, -0.15) is 0 Å². The van der Waals surface area contributed by atoms with Crippen molar-refractivity contribution in [2.45, 2.75) is 140 Å². The van der Waals surface area contributed by atoms with Crippen LogP contribution in [-0.4, -0.2) is 95.9 Å². The lowest BCUT2D eigenvalue weighted by Gasteiger charge is -2.61. The van der Waals surface area contributed by atoms with Gasteiger partial charge in [0.15, 0.2) is 0 Å². The first-order chi connectivity index (χ1) is 23.2. The number of hydrogen-bond donors (Lipinski definition) is 6. The van der Waals surface area contributed by atoms with E-state index >= 15 is 0 Å². The van der Waals surface area contributed by atoms with E-state index < -0.39 is 25.1 Å². The van der Waals surface area contributed by atoms with Gasteiger partial charge in [-0.1, -0.05) is 0 Å². The van der Waals surface area contributed by atoms with Gasteiger partial charge in [0.25, 0.3) is 0 Å². The highest BCUT2D eigenvalue weighted by molar-refractivity contribution is 5.65. The van der Waals surface area contributed by atoms with Crippen molar-refractivity contribution < 1.29 is 49.5 Å². The molecule has 5 saturated carbocycles. The summed E-state index contributed by atoms with van der Waals surface area (Å²) in [6, 6.07) is 0. The number of ether oxygens (including phenoxy) is 4. The van der Waals surface area contributed by atoms with Crippen LogP contribution in [0.3, 0.4) is 0 Å². The van der Waals surface area contributed by atoms with Gasteiger partial charge in [0.05, 0.1) is 49.8 Å². The van der Waals surface area contributed by atoms with Crippen molar-refractivity contribution in [3.05, 3.63) is 0 Å². The van der Waals surface area contributed by atoms with E-state index in [2.05, 4.69) is 5.32 Å². The fourth-order valence-electron chi connectivity index (χ4n) is 13.0. The molecule has 1 spiro atoms. The number of esters is 1. The minimum atomic E-state index is -0.607. The first-order valence-electron chi connectivity index (χ1n) is 19.4. The summed E-state index contributed by atoms with van der Waals surface area (Å²) in [6.07, 6.45) is 12.3. The smallest absolute Gasteiger partial charge is 0.302 e. The Morgan fingerprint density at radius 1 is 0.875 bits per heavy atom. The molecule has 7 aliphatic rings. The first kappa shape index (κ1) is 35.5. The molecule has 11 heteroatoms. The van der Waals surface area contributed by atoms with Crippen molar-refractivity contribution >= 4 is 5.97 Å². The Morgan fingerprint density at radius 2 is 1.67 bits per heavy atom. The molecule has 0 radical (unpaired) electrons. The van der Waals surface area contributed by atoms with E-state index in [0.29, 0.717) is 55.5 Å². The Labute approximate surface area is 286 Å². The second-order valence-electron chi connectivity index (χ2n) is 17.2. The number of rotatable bonds is 9. The van der Waals surface area contributed by atoms with Crippen LogP contribution < -0.4 is 11.1 Å². The van der Waals surface area contributed by atoms with Gasteiger partial charge < -0.3 is 44.7 Å². The third-order valence-corrected chi connectivity index (χ3v) is 14.7. The maximum atomic E-state index is 12.1. The van der Waals surface area contributed by atoms with Crippen LogP contribution in [0.25, 0.3) is 0 Å². The van der Waals surface area contributed by atoms with E-state index in [9.17, 15) is 25.2 Å². The van der Waals surface area contributed by atoms with Gasteiger partial charge in [-0.15, -0.1) is 0 Å². The van der Waals surface area contributed by atoms with Gasteiger partial charge >= 0.3 is 5.97 Å². The lowest BCUT2D eigenvalue weighted by Crippen LogP contribution is -2.95. The maximum Gasteiger partial charge on any atom is 0.302 e. The average molecular weight is 680 g/mol. The molecule has 0 aromatic rings. The summed E-state index contributed by atoms with van der Waals surface area (Å²) in [4.78, 5) is 12.1. The molecule has 2 saturated heterocycles. The Bertz CT molecular complexity index is 1090. The van der Waals surface area contributed by atoms with Crippen LogP contribution in [-0.2, 0) is 23.7 Å². The molecule has 11 nitrogen and oxygen atoms in total. The molecule has 7 fully saturated rings. The molecule has 2 heterocycles. The second-order valence-corrected chi connectivity index (χ2v) is 17.2. The Morgan fingerprint density at radius 3 is 2.42 bits per heavy atom. The number of piperidine rings is 1. The zero-order chi connectivity index (χ0) is 33.6. The summed E-state index contributed by atoms with van der Waals surface area (Å²) in [5.41, 5.74) is 6.34. The zero-order valence-electron chi connectivity index (χ0n) is 29.0. The quantitative estimate of drug-likeness (QED) is 0.155. The van der Waals surface area contributed by atoms with E-state index in [1.165, 1.54) is 39.0 Å². The molecule has 8 N–H and O–H groups in total. The average Bonchev–Trinajstić information content (AvgIpc) is 3.63. The second kappa shape index (κ2) is 15.0. The maximum absolute atomic E-state index is 12.1. The fourth-order valence-corrected chi connectivity index (χ4v) is 13.0. The molecule has 0 aromatic heterocycles. The van der Waals surface area contributed by atoms with E-state index in [0.717, 1.165) is 45.1 Å². The minimum absolute atomic E-state index is 0.0423. The zero-order valence-corrected chi connectivity index (χ0v) is 29.0. The summed E-state index contributed by atoms with van der Waals surface area (Å²) in [7, 11) is 0. The predicted molar refractivity (Wildman–Crippen MR) is 174 cm³/mol. The van der Waals surface area contributed by atoms with Gasteiger partial charge in [0.1, 0.15) is 19.8 Å². The highest BCUT2D eigenvalue weighted by Crippen LogP contribution is 2.68. The minimum Gasteiger partial charge on any atom is -0.465 e. The number of nitrogens with two attached hydrogens (primary N) is 2. The third kappa shape index (κ3) is 6.98. The number of quaternary nitrogens is 1. The van der Waals surface area contributed by atoms with Crippen LogP contribution in [0.15, 0.2) is 0 Å². The molecule has 7 rings (SSSR count). The van der Waals surface area contributed by atoms with Crippen LogP contribution in [0, 0.1) is 58.7 Å². The van der Waals surface area contributed by atoms with E-state index in [1.807, 2.05) is 0 Å². The Hall–Kier alpha value is -0.890. The highest BCUT2D eigenvalue weighted by Gasteiger charge is 2.65. The van der Waals surface area contributed by atoms with Crippen LogP contribution in [0.2, 0.25) is 0 Å². The van der Waals surface area contributed by atoms with Gasteiger partial charge in [0, 0.05) is 25.2 Å². The van der Waals surface area contributed by atoms with Gasteiger partial charge in [-0.05, 0) is 130 Å². The standard InChI is InChI=1S/C37H62N2O9/c1-20(42)45-17-28-26-4-5-27-33-24(11-25(43)13-31(33)47-19-41)15-37(9-8-21(14-37)10-22-2-7-32(38)39-16-22)34(27)36(26)48-35(28)23-3-6-29(44)30(12-23)46-18-40/h21-36,39-41,43-44H,2-19,38H2,1H3/p+1. The molecule has 2 aliphatic heterocycles. The van der Waals surface area contributed by atoms with Crippen LogP contribution >= 0.6 is 0 Å². The number of carbonyl (C=O) groups is 1. The summed E-state index contributed by atoms with van der Waals surface area (Å²) in [6.45, 7) is 2.20. The van der Waals surface area contributed by atoms with Gasteiger partial charge in [-0.25, -0.2) is 0 Å². The van der Waals surface area contributed by atoms with Gasteiger partial charge in [-0.3, -0.25) is 10.5 Å². The van der Waals surface area contributed by atoms with Crippen LogP contribution in [0.1, 0.15) is 96.8 Å². The third-order valence-electron chi connectivity index (χ3n) is 14.7. The lowest BCUT2D eigenvalue weighted by molar-refractivity contribution is -0.703. The molecular formula is C37H63N2O9+. The number of hydrogen-bond acceptors (Lipinski definition) is 10. The van der Waals surface area contributed by atoms with Crippen LogP contribution in [0.4, 0.5) is 0 Å². The number of fused-ring (bicyclic) bond motifs is 6. The van der Waals surface area contributed by atoms with Gasteiger partial charge in [0.2, 0.25) is 0 Å². The number of aliphatic hydroxyl groups is 4. The molecule has 17 atom stereocenters. The molecule has 274 valence electrons. The Balaban J connectivity index is 1.19. The normalized spacial score (nSPS) is 50.5. The first-order valence-corrected chi connectivity index (χ1v) is 19.4. The predicted octanol–water partition coefficient (Wildman–Crippen LogP) is 1.63. The van der Waals surface area contributed by atoms with Crippen molar-refractivity contribution in [3.63, 3.8) is 0 Å². The van der Waals surface area contributed by atoms with Crippen molar-refractivity contribution in [2.75, 3.05) is 26.7 Å². The summed E-state index contributed by atoms with van der Waals surface area (Å²) in [5.74, 6) is 2.99. The monoisotopic (exact) mass is 679 g/mol. The van der Waals surface area contributed by atoms with Crippen molar-refractivity contribution in [1.29, 1.82) is 0 Å².